The molecule has 0 heterocycles. The highest BCUT2D eigenvalue weighted by molar-refractivity contribution is 5.02. The predicted molar refractivity (Wildman–Crippen MR) is 57.2 cm³/mol. The molecular weight excluding hydrogens is 144 g/mol. The minimum Gasteiger partial charge on any atom is -0.103 e. The quantitative estimate of drug-likeness (QED) is 0.515. The molecule has 0 fully saturated rings. The molecule has 0 aromatic heterocycles. The zero-order valence-corrected chi connectivity index (χ0v) is 8.34. The van der Waals surface area contributed by atoms with E-state index in [-0.39, 0.29) is 0 Å². The van der Waals surface area contributed by atoms with Crippen molar-refractivity contribution >= 4 is 0 Å². The van der Waals surface area contributed by atoms with Crippen LogP contribution in [0.2, 0.25) is 0 Å². The van der Waals surface area contributed by atoms with Crippen molar-refractivity contribution in [3.8, 4) is 0 Å². The fourth-order valence-electron chi connectivity index (χ4n) is 1.14. The van der Waals surface area contributed by atoms with Crippen LogP contribution in [0, 0.1) is 0 Å². The summed E-state index contributed by atoms with van der Waals surface area (Å²) in [6.45, 7) is 7.91. The highest BCUT2D eigenvalue weighted by atomic mass is 14.0. The van der Waals surface area contributed by atoms with Crippen molar-refractivity contribution in [3.63, 3.8) is 0 Å². The Morgan fingerprint density at radius 2 is 1.83 bits per heavy atom. The molecule has 68 valence electrons. The molecule has 0 nitrogen and oxygen atoms in total. The van der Waals surface area contributed by atoms with Gasteiger partial charge in [0, 0.05) is 0 Å². The van der Waals surface area contributed by atoms with Gasteiger partial charge in [-0.15, -0.1) is 6.58 Å². The first kappa shape index (κ1) is 11.2. The van der Waals surface area contributed by atoms with E-state index in [9.17, 15) is 0 Å². The lowest BCUT2D eigenvalue weighted by molar-refractivity contribution is 0.861. The van der Waals surface area contributed by atoms with Crippen LogP contribution in [-0.2, 0) is 0 Å². The summed E-state index contributed by atoms with van der Waals surface area (Å²) in [5.41, 5.74) is 1.55. The highest BCUT2D eigenvalue weighted by Gasteiger charge is 1.92. The Labute approximate surface area is 76.7 Å². The number of hydrogen-bond acceptors (Lipinski definition) is 0. The zero-order chi connectivity index (χ0) is 9.23. The van der Waals surface area contributed by atoms with E-state index in [1.807, 2.05) is 6.08 Å². The molecule has 0 bridgehead atoms. The Morgan fingerprint density at radius 1 is 1.17 bits per heavy atom. The fourth-order valence-corrected chi connectivity index (χ4v) is 1.14. The fraction of sp³-hybridized carbons (Fsp3) is 0.500. The van der Waals surface area contributed by atoms with Crippen LogP contribution in [0.4, 0.5) is 0 Å². The van der Waals surface area contributed by atoms with E-state index >= 15 is 0 Å². The Hall–Kier alpha value is -0.780. The lowest BCUT2D eigenvalue weighted by atomic mass is 10.0. The second kappa shape index (κ2) is 8.32. The van der Waals surface area contributed by atoms with E-state index < -0.39 is 0 Å². The SMILES string of the molecule is C=CCCC(=CC)CCC=CC. The van der Waals surface area contributed by atoms with Gasteiger partial charge in [0.15, 0.2) is 0 Å². The van der Waals surface area contributed by atoms with Crippen LogP contribution < -0.4 is 0 Å². The molecule has 0 rings (SSSR count). The van der Waals surface area contributed by atoms with Crippen molar-refractivity contribution in [1.82, 2.24) is 0 Å². The van der Waals surface area contributed by atoms with Gasteiger partial charge >= 0.3 is 0 Å². The molecule has 0 aromatic carbocycles. The van der Waals surface area contributed by atoms with Gasteiger partial charge < -0.3 is 0 Å². The van der Waals surface area contributed by atoms with Gasteiger partial charge in [-0.05, 0) is 39.5 Å². The van der Waals surface area contributed by atoms with E-state index in [4.69, 9.17) is 0 Å². The van der Waals surface area contributed by atoms with Gasteiger partial charge in [-0.25, -0.2) is 0 Å². The largest absolute Gasteiger partial charge is 0.103 e. The maximum atomic E-state index is 3.72. The molecular formula is C12H20. The third-order valence-electron chi connectivity index (χ3n) is 1.95. The van der Waals surface area contributed by atoms with E-state index in [0.717, 1.165) is 6.42 Å². The normalized spacial score (nSPS) is 12.3. The Balaban J connectivity index is 3.61. The Morgan fingerprint density at radius 3 is 2.33 bits per heavy atom. The van der Waals surface area contributed by atoms with Crippen LogP contribution in [-0.4, -0.2) is 0 Å². The number of allylic oxidation sites excluding steroid dienone is 5. The van der Waals surface area contributed by atoms with Gasteiger partial charge in [0.05, 0.1) is 0 Å². The van der Waals surface area contributed by atoms with E-state index in [1.165, 1.54) is 19.3 Å². The average molecular weight is 164 g/mol. The molecule has 0 heteroatoms. The first-order chi connectivity index (χ1) is 5.85. The Kier molecular flexibility index (Phi) is 7.78. The molecule has 0 aliphatic rings. The van der Waals surface area contributed by atoms with Crippen LogP contribution >= 0.6 is 0 Å². The molecule has 0 spiro atoms. The van der Waals surface area contributed by atoms with Crippen LogP contribution in [0.15, 0.2) is 36.5 Å². The summed E-state index contributed by atoms with van der Waals surface area (Å²) < 4.78 is 0. The molecule has 0 radical (unpaired) electrons. The molecule has 0 aliphatic heterocycles. The van der Waals surface area contributed by atoms with E-state index in [1.54, 1.807) is 5.57 Å². The molecule has 0 aromatic rings. The molecule has 0 aliphatic carbocycles. The lowest BCUT2D eigenvalue weighted by Gasteiger charge is -2.02. The maximum absolute atomic E-state index is 3.72. The summed E-state index contributed by atoms with van der Waals surface area (Å²) >= 11 is 0. The van der Waals surface area contributed by atoms with E-state index in [2.05, 4.69) is 38.7 Å². The second-order valence-corrected chi connectivity index (χ2v) is 2.88. The van der Waals surface area contributed by atoms with Crippen LogP contribution in [0.25, 0.3) is 0 Å². The summed E-state index contributed by atoms with van der Waals surface area (Å²) in [5, 5.41) is 0. The number of hydrogen-bond donors (Lipinski definition) is 0. The third kappa shape index (κ3) is 5.96. The van der Waals surface area contributed by atoms with Gasteiger partial charge in [-0.1, -0.05) is 29.9 Å². The molecule has 0 amide bonds. The van der Waals surface area contributed by atoms with E-state index in [0.29, 0.717) is 0 Å². The van der Waals surface area contributed by atoms with Crippen molar-refractivity contribution < 1.29 is 0 Å². The minimum absolute atomic E-state index is 1.11. The molecule has 12 heavy (non-hydrogen) atoms. The summed E-state index contributed by atoms with van der Waals surface area (Å²) in [6.07, 6.45) is 13.2. The summed E-state index contributed by atoms with van der Waals surface area (Å²) in [4.78, 5) is 0. The van der Waals surface area contributed by atoms with Gasteiger partial charge in [0.1, 0.15) is 0 Å². The summed E-state index contributed by atoms with van der Waals surface area (Å²) in [6, 6.07) is 0. The minimum atomic E-state index is 1.11. The van der Waals surface area contributed by atoms with Gasteiger partial charge in [0.25, 0.3) is 0 Å². The molecule has 0 atom stereocenters. The Bertz CT molecular complexity index is 161. The predicted octanol–water partition coefficient (Wildman–Crippen LogP) is 4.26. The van der Waals surface area contributed by atoms with Crippen molar-refractivity contribution in [3.05, 3.63) is 36.5 Å². The van der Waals surface area contributed by atoms with Crippen molar-refractivity contribution in [2.45, 2.75) is 39.5 Å². The molecule has 0 saturated heterocycles. The van der Waals surface area contributed by atoms with Gasteiger partial charge in [0.2, 0.25) is 0 Å². The average Bonchev–Trinajstić information content (AvgIpc) is 2.11. The monoisotopic (exact) mass is 164 g/mol. The number of rotatable bonds is 6. The maximum Gasteiger partial charge on any atom is -0.0286 e. The summed E-state index contributed by atoms with van der Waals surface area (Å²) in [7, 11) is 0. The standard InChI is InChI=1S/C12H20/c1-4-7-9-11-12(6-3)10-8-5-2/h4-7H,2,8-11H2,1,3H3. The topological polar surface area (TPSA) is 0 Å². The third-order valence-corrected chi connectivity index (χ3v) is 1.95. The first-order valence-electron chi connectivity index (χ1n) is 4.71. The van der Waals surface area contributed by atoms with Crippen LogP contribution in [0.3, 0.4) is 0 Å². The van der Waals surface area contributed by atoms with Crippen molar-refractivity contribution in [1.29, 1.82) is 0 Å². The second-order valence-electron chi connectivity index (χ2n) is 2.88. The lowest BCUT2D eigenvalue weighted by Crippen LogP contribution is -1.82. The first-order valence-corrected chi connectivity index (χ1v) is 4.71. The van der Waals surface area contributed by atoms with Crippen molar-refractivity contribution in [2.24, 2.45) is 0 Å². The van der Waals surface area contributed by atoms with Gasteiger partial charge in [-0.2, -0.15) is 0 Å². The molecule has 0 unspecified atom stereocenters. The summed E-state index contributed by atoms with van der Waals surface area (Å²) in [5.74, 6) is 0. The smallest absolute Gasteiger partial charge is 0.0286 e. The zero-order valence-electron chi connectivity index (χ0n) is 8.34. The van der Waals surface area contributed by atoms with Crippen molar-refractivity contribution in [2.75, 3.05) is 0 Å². The highest BCUT2D eigenvalue weighted by Crippen LogP contribution is 2.12. The van der Waals surface area contributed by atoms with Crippen LogP contribution in [0.5, 0.6) is 0 Å². The van der Waals surface area contributed by atoms with Gasteiger partial charge in [-0.3, -0.25) is 0 Å². The van der Waals surface area contributed by atoms with Crippen LogP contribution in [0.1, 0.15) is 39.5 Å². The molecule has 0 saturated carbocycles. The molecule has 0 N–H and O–H groups in total.